The van der Waals surface area contributed by atoms with Crippen LogP contribution in [0, 0.1) is 0 Å². The highest BCUT2D eigenvalue weighted by molar-refractivity contribution is 8.00. The van der Waals surface area contributed by atoms with Crippen LogP contribution >= 0.6 is 11.8 Å². The van der Waals surface area contributed by atoms with Crippen LogP contribution in [0.3, 0.4) is 0 Å². The number of likely N-dealkylation sites (N-methyl/N-ethyl adjacent to an activating group) is 1. The van der Waals surface area contributed by atoms with Crippen LogP contribution in [0.2, 0.25) is 0 Å². The first-order valence-electron chi connectivity index (χ1n) is 6.99. The fraction of sp³-hybridized carbons (Fsp3) is 0.467. The molecule has 0 radical (unpaired) electrons. The molecule has 114 valence electrons. The number of thioether (sulfide) groups is 1. The number of amides is 2. The van der Waals surface area contributed by atoms with Gasteiger partial charge in [-0.05, 0) is 12.1 Å². The Kier molecular flexibility index (Phi) is 5.64. The molecule has 1 N–H and O–H groups in total. The molecule has 2 rings (SSSR count). The molecule has 1 atom stereocenters. The summed E-state index contributed by atoms with van der Waals surface area (Å²) in [6.07, 6.45) is 0. The van der Waals surface area contributed by atoms with E-state index in [-0.39, 0.29) is 11.8 Å². The number of carbonyl (C=O) groups excluding carboxylic acids is 2. The molecule has 1 aliphatic heterocycles. The van der Waals surface area contributed by atoms with Crippen LogP contribution in [-0.4, -0.2) is 67.1 Å². The van der Waals surface area contributed by atoms with E-state index in [2.05, 4.69) is 5.32 Å². The number of hydrogen-bond donors (Lipinski definition) is 1. The smallest absolute Gasteiger partial charge is 0.246 e. The van der Waals surface area contributed by atoms with Gasteiger partial charge in [0.25, 0.3) is 0 Å². The summed E-state index contributed by atoms with van der Waals surface area (Å²) in [4.78, 5) is 28.9. The molecule has 1 saturated heterocycles. The number of carbonyl (C=O) groups is 2. The van der Waals surface area contributed by atoms with Gasteiger partial charge in [-0.25, -0.2) is 0 Å². The van der Waals surface area contributed by atoms with Crippen molar-refractivity contribution in [1.82, 2.24) is 15.1 Å². The van der Waals surface area contributed by atoms with Crippen molar-refractivity contribution in [1.29, 1.82) is 0 Å². The van der Waals surface area contributed by atoms with Gasteiger partial charge in [0, 0.05) is 38.6 Å². The Labute approximate surface area is 129 Å². The van der Waals surface area contributed by atoms with Crippen LogP contribution < -0.4 is 5.32 Å². The lowest BCUT2D eigenvalue weighted by Gasteiger charge is -2.36. The van der Waals surface area contributed by atoms with Crippen LogP contribution in [0.1, 0.15) is 0 Å². The van der Waals surface area contributed by atoms with Crippen molar-refractivity contribution in [3.8, 4) is 0 Å². The van der Waals surface area contributed by atoms with Crippen molar-refractivity contribution in [2.45, 2.75) is 10.9 Å². The Morgan fingerprint density at radius 3 is 2.71 bits per heavy atom. The van der Waals surface area contributed by atoms with Gasteiger partial charge >= 0.3 is 0 Å². The van der Waals surface area contributed by atoms with E-state index in [0.29, 0.717) is 18.8 Å². The lowest BCUT2D eigenvalue weighted by atomic mass is 10.1. The lowest BCUT2D eigenvalue weighted by Crippen LogP contribution is -2.59. The van der Waals surface area contributed by atoms with E-state index in [0.717, 1.165) is 11.4 Å². The highest BCUT2D eigenvalue weighted by atomic mass is 32.2. The molecule has 1 aromatic rings. The van der Waals surface area contributed by atoms with Crippen molar-refractivity contribution < 1.29 is 9.59 Å². The monoisotopic (exact) mass is 307 g/mol. The number of nitrogens with zero attached hydrogens (tertiary/aromatic N) is 2. The zero-order chi connectivity index (χ0) is 15.2. The Bertz CT molecular complexity index is 493. The Hall–Kier alpha value is -1.53. The SMILES string of the molecule is CN(C)C(=O)C1CNCCN1C(=O)CSc1ccccc1. The maximum absolute atomic E-state index is 12.4. The number of rotatable bonds is 4. The second-order valence-corrected chi connectivity index (χ2v) is 6.19. The van der Waals surface area contributed by atoms with Gasteiger partial charge in [0.2, 0.25) is 11.8 Å². The number of hydrogen-bond acceptors (Lipinski definition) is 4. The quantitative estimate of drug-likeness (QED) is 0.831. The molecule has 5 nitrogen and oxygen atoms in total. The number of piperazine rings is 1. The van der Waals surface area contributed by atoms with Gasteiger partial charge in [-0.1, -0.05) is 18.2 Å². The maximum atomic E-state index is 12.4. The third kappa shape index (κ3) is 4.22. The van der Waals surface area contributed by atoms with E-state index in [4.69, 9.17) is 0 Å². The molecule has 2 amide bonds. The lowest BCUT2D eigenvalue weighted by molar-refractivity contribution is -0.143. The molecular weight excluding hydrogens is 286 g/mol. The van der Waals surface area contributed by atoms with Crippen molar-refractivity contribution >= 4 is 23.6 Å². The highest BCUT2D eigenvalue weighted by Gasteiger charge is 2.32. The predicted molar refractivity (Wildman–Crippen MR) is 84.2 cm³/mol. The van der Waals surface area contributed by atoms with Gasteiger partial charge in [0.1, 0.15) is 6.04 Å². The van der Waals surface area contributed by atoms with Gasteiger partial charge in [-0.15, -0.1) is 11.8 Å². The second-order valence-electron chi connectivity index (χ2n) is 5.14. The molecular formula is C15H21N3O2S. The molecule has 0 saturated carbocycles. The minimum atomic E-state index is -0.391. The van der Waals surface area contributed by atoms with Gasteiger partial charge in [0.05, 0.1) is 5.75 Å². The van der Waals surface area contributed by atoms with E-state index in [1.165, 1.54) is 11.8 Å². The highest BCUT2D eigenvalue weighted by Crippen LogP contribution is 2.18. The molecule has 0 spiro atoms. The molecule has 0 bridgehead atoms. The van der Waals surface area contributed by atoms with E-state index in [9.17, 15) is 9.59 Å². The molecule has 1 aromatic carbocycles. The minimum absolute atomic E-state index is 0.0190. The zero-order valence-electron chi connectivity index (χ0n) is 12.4. The molecule has 6 heteroatoms. The summed E-state index contributed by atoms with van der Waals surface area (Å²) in [5.41, 5.74) is 0. The first-order chi connectivity index (χ1) is 10.1. The van der Waals surface area contributed by atoms with E-state index in [1.54, 1.807) is 23.9 Å². The van der Waals surface area contributed by atoms with Gasteiger partial charge in [0.15, 0.2) is 0 Å². The first-order valence-corrected chi connectivity index (χ1v) is 7.97. The van der Waals surface area contributed by atoms with Crippen LogP contribution in [-0.2, 0) is 9.59 Å². The summed E-state index contributed by atoms with van der Waals surface area (Å²) in [5.74, 6) is 0.354. The average molecular weight is 307 g/mol. The summed E-state index contributed by atoms with van der Waals surface area (Å²) in [6.45, 7) is 1.84. The van der Waals surface area contributed by atoms with Gasteiger partial charge in [-0.2, -0.15) is 0 Å². The van der Waals surface area contributed by atoms with Crippen molar-refractivity contribution in [2.75, 3.05) is 39.5 Å². The molecule has 1 heterocycles. The third-order valence-corrected chi connectivity index (χ3v) is 4.39. The Balaban J connectivity index is 1.97. The Morgan fingerprint density at radius 1 is 1.33 bits per heavy atom. The van der Waals surface area contributed by atoms with Crippen molar-refractivity contribution in [3.05, 3.63) is 30.3 Å². The van der Waals surface area contributed by atoms with Crippen LogP contribution in [0.4, 0.5) is 0 Å². The maximum Gasteiger partial charge on any atom is 0.246 e. The molecule has 1 fully saturated rings. The fourth-order valence-corrected chi connectivity index (χ4v) is 3.07. The molecule has 0 aromatic heterocycles. The number of benzene rings is 1. The molecule has 1 aliphatic rings. The second kappa shape index (κ2) is 7.47. The summed E-state index contributed by atoms with van der Waals surface area (Å²) in [6, 6.07) is 9.44. The van der Waals surface area contributed by atoms with E-state index < -0.39 is 6.04 Å². The van der Waals surface area contributed by atoms with Gasteiger partial charge in [-0.3, -0.25) is 9.59 Å². The topological polar surface area (TPSA) is 52.7 Å². The molecule has 0 aliphatic carbocycles. The largest absolute Gasteiger partial charge is 0.347 e. The van der Waals surface area contributed by atoms with Gasteiger partial charge < -0.3 is 15.1 Å². The summed E-state index contributed by atoms with van der Waals surface area (Å²) in [5, 5.41) is 3.18. The predicted octanol–water partition coefficient (Wildman–Crippen LogP) is 0.667. The van der Waals surface area contributed by atoms with Crippen LogP contribution in [0.15, 0.2) is 35.2 Å². The van der Waals surface area contributed by atoms with Crippen molar-refractivity contribution in [3.63, 3.8) is 0 Å². The Morgan fingerprint density at radius 2 is 2.05 bits per heavy atom. The fourth-order valence-electron chi connectivity index (χ4n) is 2.27. The standard InChI is InChI=1S/C15H21N3O2S/c1-17(2)15(20)13-10-16-8-9-18(13)14(19)11-21-12-6-4-3-5-7-12/h3-7,13,16H,8-11H2,1-2H3. The minimum Gasteiger partial charge on any atom is -0.347 e. The first kappa shape index (κ1) is 15.9. The normalized spacial score (nSPS) is 18.4. The average Bonchev–Trinajstić information content (AvgIpc) is 2.52. The van der Waals surface area contributed by atoms with Crippen LogP contribution in [0.5, 0.6) is 0 Å². The molecule has 21 heavy (non-hydrogen) atoms. The molecule has 1 unspecified atom stereocenters. The zero-order valence-corrected chi connectivity index (χ0v) is 13.2. The van der Waals surface area contributed by atoms with E-state index in [1.807, 2.05) is 30.3 Å². The number of nitrogens with one attached hydrogen (secondary N) is 1. The summed E-state index contributed by atoms with van der Waals surface area (Å²) in [7, 11) is 3.44. The van der Waals surface area contributed by atoms with Crippen molar-refractivity contribution in [2.24, 2.45) is 0 Å². The van der Waals surface area contributed by atoms with Crippen LogP contribution in [0.25, 0.3) is 0 Å². The summed E-state index contributed by atoms with van der Waals surface area (Å²) < 4.78 is 0. The third-order valence-electron chi connectivity index (χ3n) is 3.40. The van der Waals surface area contributed by atoms with E-state index >= 15 is 0 Å². The summed E-state index contributed by atoms with van der Waals surface area (Å²) >= 11 is 1.51.